The number of thiazole rings is 1. The van der Waals surface area contributed by atoms with Crippen molar-refractivity contribution in [3.05, 3.63) is 92.3 Å². The molecule has 174 valence electrons. The van der Waals surface area contributed by atoms with E-state index in [4.69, 9.17) is 0 Å². The van der Waals surface area contributed by atoms with Crippen molar-refractivity contribution in [2.24, 2.45) is 7.05 Å². The number of aromatic hydroxyl groups is 1. The van der Waals surface area contributed by atoms with Crippen LogP contribution in [-0.2, 0) is 24.8 Å². The summed E-state index contributed by atoms with van der Waals surface area (Å²) in [7, 11) is 1.78. The lowest BCUT2D eigenvalue weighted by Gasteiger charge is -2.06. The molecule has 0 fully saturated rings. The van der Waals surface area contributed by atoms with E-state index in [2.05, 4.69) is 10.4 Å². The molecule has 0 aliphatic heterocycles. The summed E-state index contributed by atoms with van der Waals surface area (Å²) >= 11 is 1.03. The van der Waals surface area contributed by atoms with E-state index in [9.17, 15) is 19.1 Å². The Kier molecular flexibility index (Phi) is 6.74. The van der Waals surface area contributed by atoms with Crippen LogP contribution in [0, 0.1) is 5.82 Å². The van der Waals surface area contributed by atoms with Crippen LogP contribution >= 0.6 is 11.3 Å². The molecular formula is C25H23FN4O3S. The van der Waals surface area contributed by atoms with E-state index >= 15 is 0 Å². The molecule has 0 bridgehead atoms. The van der Waals surface area contributed by atoms with Gasteiger partial charge in [-0.1, -0.05) is 23.5 Å². The van der Waals surface area contributed by atoms with Gasteiger partial charge in [0.05, 0.1) is 16.8 Å². The Morgan fingerprint density at radius 2 is 1.88 bits per heavy atom. The molecule has 0 saturated carbocycles. The van der Waals surface area contributed by atoms with E-state index in [1.54, 1.807) is 55.2 Å². The monoisotopic (exact) mass is 478 g/mol. The number of carbonyl (C=O) groups excluding carboxylic acids is 1. The molecule has 34 heavy (non-hydrogen) atoms. The SMILES string of the molecule is CCn1c(O)c(Cc2ccc(NC(=O)C=Cc3cnn(C)c3-c3ccc(F)cc3)cc2)sc1=O. The van der Waals surface area contributed by atoms with Crippen molar-refractivity contribution in [1.29, 1.82) is 0 Å². The zero-order valence-electron chi connectivity index (χ0n) is 18.7. The van der Waals surface area contributed by atoms with E-state index < -0.39 is 0 Å². The standard InChI is InChI=1S/C25H23FN4O3S/c1-3-30-24(32)21(34-25(30)33)14-16-4-11-20(12-5-16)28-22(31)13-8-18-15-27-29(2)23(18)17-6-9-19(26)10-7-17/h4-13,15,32H,3,14H2,1-2H3,(H,28,31). The number of amides is 1. The highest BCUT2D eigenvalue weighted by Gasteiger charge is 2.13. The minimum Gasteiger partial charge on any atom is -0.494 e. The van der Waals surface area contributed by atoms with Crippen LogP contribution < -0.4 is 10.2 Å². The first-order valence-electron chi connectivity index (χ1n) is 10.6. The molecule has 9 heteroatoms. The lowest BCUT2D eigenvalue weighted by atomic mass is 10.1. The Morgan fingerprint density at radius 3 is 2.53 bits per heavy atom. The van der Waals surface area contributed by atoms with Crippen LogP contribution in [0.4, 0.5) is 10.1 Å². The number of rotatable bonds is 7. The highest BCUT2D eigenvalue weighted by atomic mass is 32.1. The Hall–Kier alpha value is -3.98. The number of aromatic nitrogens is 3. The summed E-state index contributed by atoms with van der Waals surface area (Å²) in [4.78, 5) is 24.8. The fourth-order valence-corrected chi connectivity index (χ4v) is 4.59. The van der Waals surface area contributed by atoms with Gasteiger partial charge in [-0.2, -0.15) is 5.10 Å². The zero-order chi connectivity index (χ0) is 24.2. The number of aryl methyl sites for hydroxylation is 1. The van der Waals surface area contributed by atoms with Gasteiger partial charge in [-0.3, -0.25) is 18.8 Å². The van der Waals surface area contributed by atoms with Crippen LogP contribution in [0.25, 0.3) is 17.3 Å². The maximum absolute atomic E-state index is 13.3. The molecule has 0 radical (unpaired) electrons. The summed E-state index contributed by atoms with van der Waals surface area (Å²) < 4.78 is 16.3. The number of nitrogens with one attached hydrogen (secondary N) is 1. The van der Waals surface area contributed by atoms with Gasteiger partial charge in [-0.05, 0) is 55.0 Å². The first-order chi connectivity index (χ1) is 16.4. The van der Waals surface area contributed by atoms with Gasteiger partial charge in [-0.25, -0.2) is 4.39 Å². The van der Waals surface area contributed by atoms with Gasteiger partial charge >= 0.3 is 4.87 Å². The van der Waals surface area contributed by atoms with Crippen molar-refractivity contribution in [2.75, 3.05) is 5.32 Å². The fourth-order valence-electron chi connectivity index (χ4n) is 3.62. The molecule has 4 rings (SSSR count). The lowest BCUT2D eigenvalue weighted by Crippen LogP contribution is -2.10. The summed E-state index contributed by atoms with van der Waals surface area (Å²) in [5.74, 6) is -0.617. The van der Waals surface area contributed by atoms with E-state index in [1.165, 1.54) is 22.8 Å². The van der Waals surface area contributed by atoms with Gasteiger partial charge < -0.3 is 10.4 Å². The number of benzene rings is 2. The van der Waals surface area contributed by atoms with E-state index in [0.29, 0.717) is 23.5 Å². The average molecular weight is 479 g/mol. The number of carbonyl (C=O) groups is 1. The quantitative estimate of drug-likeness (QED) is 0.385. The smallest absolute Gasteiger partial charge is 0.310 e. The maximum Gasteiger partial charge on any atom is 0.310 e. The Bertz CT molecular complexity index is 1400. The second kappa shape index (κ2) is 9.88. The Morgan fingerprint density at radius 1 is 1.18 bits per heavy atom. The number of nitrogens with zero attached hydrogens (tertiary/aromatic N) is 3. The summed E-state index contributed by atoms with van der Waals surface area (Å²) in [6, 6.07) is 13.3. The number of hydrogen-bond acceptors (Lipinski definition) is 5. The van der Waals surface area contributed by atoms with E-state index in [0.717, 1.165) is 33.7 Å². The van der Waals surface area contributed by atoms with Crippen molar-refractivity contribution in [3.63, 3.8) is 0 Å². The molecule has 0 aliphatic rings. The van der Waals surface area contributed by atoms with Crippen molar-refractivity contribution in [2.45, 2.75) is 19.9 Å². The van der Waals surface area contributed by atoms with E-state index in [1.807, 2.05) is 12.1 Å². The van der Waals surface area contributed by atoms with Crippen LogP contribution in [0.15, 0.2) is 65.6 Å². The fraction of sp³-hybridized carbons (Fsp3) is 0.160. The van der Waals surface area contributed by atoms with Crippen LogP contribution in [0.2, 0.25) is 0 Å². The van der Waals surface area contributed by atoms with Crippen molar-refractivity contribution in [1.82, 2.24) is 14.3 Å². The Balaban J connectivity index is 1.42. The van der Waals surface area contributed by atoms with Crippen LogP contribution in [0.1, 0.15) is 22.9 Å². The molecule has 0 aliphatic carbocycles. The number of anilines is 1. The lowest BCUT2D eigenvalue weighted by molar-refractivity contribution is -0.111. The predicted molar refractivity (Wildman–Crippen MR) is 131 cm³/mol. The Labute approximate surface area is 199 Å². The molecule has 0 spiro atoms. The second-order valence-electron chi connectivity index (χ2n) is 7.63. The highest BCUT2D eigenvalue weighted by Crippen LogP contribution is 2.25. The average Bonchev–Trinajstić information content (AvgIpc) is 3.32. The van der Waals surface area contributed by atoms with Gasteiger partial charge in [0.15, 0.2) is 0 Å². The van der Waals surface area contributed by atoms with Gasteiger partial charge in [0.1, 0.15) is 5.82 Å². The first-order valence-corrected chi connectivity index (χ1v) is 11.4. The van der Waals surface area contributed by atoms with Gasteiger partial charge in [0, 0.05) is 42.9 Å². The van der Waals surface area contributed by atoms with Crippen LogP contribution in [0.3, 0.4) is 0 Å². The summed E-state index contributed by atoms with van der Waals surface area (Å²) in [5, 5.41) is 17.2. The maximum atomic E-state index is 13.3. The van der Waals surface area contributed by atoms with E-state index in [-0.39, 0.29) is 22.5 Å². The number of hydrogen-bond donors (Lipinski definition) is 2. The van der Waals surface area contributed by atoms with Crippen molar-refractivity contribution >= 4 is 29.0 Å². The molecular weight excluding hydrogens is 455 g/mol. The molecule has 0 unspecified atom stereocenters. The van der Waals surface area contributed by atoms with Crippen LogP contribution in [-0.4, -0.2) is 25.4 Å². The molecule has 2 aromatic heterocycles. The molecule has 4 aromatic rings. The second-order valence-corrected chi connectivity index (χ2v) is 8.68. The highest BCUT2D eigenvalue weighted by molar-refractivity contribution is 7.09. The molecule has 7 nitrogen and oxygen atoms in total. The topological polar surface area (TPSA) is 89.2 Å². The third-order valence-corrected chi connectivity index (χ3v) is 6.31. The largest absolute Gasteiger partial charge is 0.494 e. The van der Waals surface area contributed by atoms with Gasteiger partial charge in [-0.15, -0.1) is 0 Å². The summed E-state index contributed by atoms with van der Waals surface area (Å²) in [6.07, 6.45) is 5.16. The van der Waals surface area contributed by atoms with Crippen LogP contribution in [0.5, 0.6) is 5.88 Å². The molecule has 2 aromatic carbocycles. The minimum absolute atomic E-state index is 0.00965. The summed E-state index contributed by atoms with van der Waals surface area (Å²) in [6.45, 7) is 2.23. The minimum atomic E-state index is -0.319. The first kappa shape index (κ1) is 23.2. The van der Waals surface area contributed by atoms with Gasteiger partial charge in [0.2, 0.25) is 11.8 Å². The van der Waals surface area contributed by atoms with Crippen molar-refractivity contribution in [3.8, 4) is 17.1 Å². The van der Waals surface area contributed by atoms with Crippen molar-refractivity contribution < 1.29 is 14.3 Å². The molecule has 1 amide bonds. The predicted octanol–water partition coefficient (Wildman–Crippen LogP) is 4.42. The molecule has 2 heterocycles. The van der Waals surface area contributed by atoms with Gasteiger partial charge in [0.25, 0.3) is 0 Å². The number of halogens is 1. The molecule has 0 atom stereocenters. The normalized spacial score (nSPS) is 11.3. The third kappa shape index (κ3) is 4.99. The zero-order valence-corrected chi connectivity index (χ0v) is 19.5. The summed E-state index contributed by atoms with van der Waals surface area (Å²) in [5.41, 5.74) is 3.83. The third-order valence-electron chi connectivity index (χ3n) is 5.34. The molecule has 0 saturated heterocycles. The molecule has 2 N–H and O–H groups in total.